The van der Waals surface area contributed by atoms with Crippen LogP contribution >= 0.6 is 0 Å². The fourth-order valence-corrected chi connectivity index (χ4v) is 16.8. The van der Waals surface area contributed by atoms with E-state index < -0.39 is 0 Å². The van der Waals surface area contributed by atoms with Gasteiger partial charge in [0.25, 0.3) is 0 Å². The molecule has 0 saturated carbocycles. The minimum absolute atomic E-state index is 0.170. The summed E-state index contributed by atoms with van der Waals surface area (Å²) in [6.07, 6.45) is 0. The third kappa shape index (κ3) is 7.91. The maximum Gasteiger partial charge on any atom is 0.116 e. The van der Waals surface area contributed by atoms with Crippen LogP contribution in [0.2, 0.25) is 0 Å². The lowest BCUT2D eigenvalue weighted by Gasteiger charge is -2.14. The van der Waals surface area contributed by atoms with Crippen molar-refractivity contribution >= 4 is 216 Å². The van der Waals surface area contributed by atoms with Gasteiger partial charge in [-0.05, 0) is 190 Å². The fraction of sp³-hybridized carbons (Fsp3) is 0. The number of nitrogens with zero attached hydrogens (tertiary/aromatic N) is 4. The summed E-state index contributed by atoms with van der Waals surface area (Å²) < 4.78 is 0. The van der Waals surface area contributed by atoms with Gasteiger partial charge in [0.2, 0.25) is 0 Å². The monoisotopic (exact) mass is 1240 g/mol. The summed E-state index contributed by atoms with van der Waals surface area (Å²) in [6.45, 7) is 0. The summed E-state index contributed by atoms with van der Waals surface area (Å²) >= 11 is 0. The fourth-order valence-electron chi connectivity index (χ4n) is 16.8. The first-order valence-electron chi connectivity index (χ1n) is 33.3. The Morgan fingerprint density at radius 1 is 0.153 bits per heavy atom. The van der Waals surface area contributed by atoms with Crippen LogP contribution in [0.15, 0.2) is 303 Å². The van der Waals surface area contributed by atoms with Crippen molar-refractivity contribution in [2.45, 2.75) is 0 Å². The van der Waals surface area contributed by atoms with Crippen molar-refractivity contribution in [2.75, 3.05) is 0 Å². The molecule has 5 aromatic heterocycles. The maximum absolute atomic E-state index is 12.3. The minimum Gasteiger partial charge on any atom is -0.508 e. The molecule has 0 radical (unpaired) electrons. The first-order valence-corrected chi connectivity index (χ1v) is 33.3. The number of phenolic OH excluding ortho intramolecular Hbond substituents is 2. The summed E-state index contributed by atoms with van der Waals surface area (Å²) in [6, 6.07) is 107. The van der Waals surface area contributed by atoms with E-state index >= 15 is 0 Å². The van der Waals surface area contributed by atoms with E-state index in [2.05, 4.69) is 279 Å². The summed E-state index contributed by atoms with van der Waals surface area (Å²) in [5.41, 5.74) is 6.57. The maximum atomic E-state index is 12.3. The number of aromatic hydroxyl groups is 2. The molecule has 452 valence electrons. The molecule has 6 nitrogen and oxygen atoms in total. The van der Waals surface area contributed by atoms with Crippen molar-refractivity contribution < 1.29 is 10.2 Å². The number of hydrogen-bond acceptors (Lipinski definition) is 6. The zero-order chi connectivity index (χ0) is 64.4. The highest BCUT2D eigenvalue weighted by atomic mass is 16.3. The minimum atomic E-state index is 0.170. The zero-order valence-electron chi connectivity index (χ0n) is 52.6. The van der Waals surface area contributed by atoms with Gasteiger partial charge in [-0.3, -0.25) is 0 Å². The van der Waals surface area contributed by atoms with E-state index in [1.165, 1.54) is 0 Å². The topological polar surface area (TPSA) is 92.0 Å². The van der Waals surface area contributed by atoms with Gasteiger partial charge in [-0.15, -0.1) is 0 Å². The molecule has 98 heavy (non-hydrogen) atoms. The van der Waals surface area contributed by atoms with Crippen LogP contribution in [0, 0.1) is 0 Å². The van der Waals surface area contributed by atoms with Gasteiger partial charge in [0.1, 0.15) is 11.5 Å². The zero-order valence-corrected chi connectivity index (χ0v) is 52.6. The summed E-state index contributed by atoms with van der Waals surface area (Å²) in [7, 11) is 0. The molecule has 6 heteroatoms. The molecule has 0 fully saturated rings. The Labute approximate surface area is 558 Å². The van der Waals surface area contributed by atoms with Gasteiger partial charge < -0.3 is 10.2 Å². The lowest BCUT2D eigenvalue weighted by molar-refractivity contribution is 0.476. The highest BCUT2D eigenvalue weighted by molar-refractivity contribution is 6.37. The molecule has 0 aliphatic rings. The van der Waals surface area contributed by atoms with Crippen LogP contribution < -0.4 is 0 Å². The van der Waals surface area contributed by atoms with Crippen molar-refractivity contribution in [2.24, 2.45) is 0 Å². The molecular formula is C92H52N4O2. The lowest BCUT2D eigenvalue weighted by Crippen LogP contribution is -1.90. The molecular weight excluding hydrogens is 1190 g/mol. The van der Waals surface area contributed by atoms with Gasteiger partial charge >= 0.3 is 0 Å². The van der Waals surface area contributed by atoms with Gasteiger partial charge in [0.15, 0.2) is 0 Å². The number of pyridine rings is 4. The lowest BCUT2D eigenvalue weighted by atomic mass is 9.91. The second-order valence-corrected chi connectivity index (χ2v) is 26.1. The Balaban J connectivity index is 0.974. The molecule has 21 rings (SSSR count). The predicted octanol–water partition coefficient (Wildman–Crippen LogP) is 24.6. The van der Waals surface area contributed by atoms with E-state index in [0.717, 1.165) is 216 Å². The van der Waals surface area contributed by atoms with E-state index in [9.17, 15) is 10.2 Å². The molecule has 0 aliphatic heterocycles. The number of rotatable bonds is 0. The number of aromatic nitrogens is 4. The molecule has 0 unspecified atom stereocenters. The highest BCUT2D eigenvalue weighted by Gasteiger charge is 2.20. The van der Waals surface area contributed by atoms with E-state index in [0.29, 0.717) is 0 Å². The molecule has 0 atom stereocenters. The Hall–Kier alpha value is -13.2. The van der Waals surface area contributed by atoms with Crippen LogP contribution in [0.4, 0.5) is 0 Å². The Morgan fingerprint density at radius 3 is 0.480 bits per heavy atom. The SMILES string of the molecule is Oc1cc2cc(c1)c1c3ccccc3c(c3ccc4ccc5ccc(nc5c4n3)c3c4ccccc4c(c4cc(O)cc(c4)c4c5ccccc5c(c5ccc6ccc7ccc(nc7c6n5)c5c6ccccc6c2c2ccccc25)c2ccccc24)c2ccccc23)c2ccccc21. The van der Waals surface area contributed by atoms with Gasteiger partial charge in [-0.2, -0.15) is 0 Å². The first-order chi connectivity index (χ1) is 48.4. The van der Waals surface area contributed by atoms with Crippen molar-refractivity contribution in [1.82, 2.24) is 19.9 Å². The Morgan fingerprint density at radius 2 is 0.306 bits per heavy atom. The normalized spacial score (nSPS) is 12.2. The third-order valence-electron chi connectivity index (χ3n) is 20.8. The van der Waals surface area contributed by atoms with Crippen molar-refractivity contribution in [3.8, 4) is 11.5 Å². The number of phenols is 2. The summed E-state index contributed by atoms with van der Waals surface area (Å²) in [5.74, 6) is 0.340. The smallest absolute Gasteiger partial charge is 0.116 e. The van der Waals surface area contributed by atoms with Crippen LogP contribution in [0.3, 0.4) is 0 Å². The number of fused-ring (bicyclic) bond motifs is 28. The summed E-state index contributed by atoms with van der Waals surface area (Å²) in [5, 5.41) is 56.9. The average molecular weight is 1250 g/mol. The molecule has 5 heterocycles. The first kappa shape index (κ1) is 54.3. The Kier molecular flexibility index (Phi) is 11.4. The van der Waals surface area contributed by atoms with E-state index in [1.54, 1.807) is 0 Å². The second-order valence-electron chi connectivity index (χ2n) is 26.1. The standard InChI is InChI=1S/C92H52N4O2/c97-59-47-55-45-56(48-59)82-63-19-3-11-27-71(63)86(72-28-12-4-20-64(72)82)79-43-39-53-35-36-54-40-44-80(96-92(54)91(53)95-79)88-75-31-15-7-23-67(75)84(68-24-8-16-32-76(68)88)58-46-57(49-60(98)50-58)83-65-21-5-13-29-73(65)87(74-30-14-6-22-66(74)83)78-42-38-52-34-33-51-37-41-77(93-89(51)90(52)94-78)85-69-25-9-1-17-61(69)81(55)62-18-2-10-26-70(62)85/h1-50,97-98H. The highest BCUT2D eigenvalue weighted by Crippen LogP contribution is 2.46. The molecule has 0 spiro atoms. The van der Waals surface area contributed by atoms with Crippen molar-refractivity contribution in [1.29, 1.82) is 0 Å². The van der Waals surface area contributed by atoms with Crippen LogP contribution in [-0.4, -0.2) is 30.1 Å². The molecule has 20 bridgehead atoms. The van der Waals surface area contributed by atoms with Crippen LogP contribution in [0.1, 0.15) is 0 Å². The molecule has 2 N–H and O–H groups in total. The van der Waals surface area contributed by atoms with Gasteiger partial charge in [-0.25, -0.2) is 19.9 Å². The van der Waals surface area contributed by atoms with E-state index in [1.807, 2.05) is 24.3 Å². The third-order valence-corrected chi connectivity index (χ3v) is 20.8. The van der Waals surface area contributed by atoms with Crippen molar-refractivity contribution in [3.05, 3.63) is 303 Å². The van der Waals surface area contributed by atoms with E-state index in [4.69, 9.17) is 19.9 Å². The number of hydrogen-bond donors (Lipinski definition) is 2. The quantitative estimate of drug-likeness (QED) is 0.116. The number of benzene rings is 16. The molecule has 21 aromatic rings. The predicted molar refractivity (Wildman–Crippen MR) is 415 cm³/mol. The Bertz CT molecular complexity index is 6350. The molecule has 0 amide bonds. The second kappa shape index (κ2) is 20.7. The van der Waals surface area contributed by atoms with Crippen LogP contribution in [-0.2, 0) is 0 Å². The molecule has 0 aliphatic carbocycles. The van der Waals surface area contributed by atoms with Gasteiger partial charge in [0.05, 0.1) is 44.1 Å². The van der Waals surface area contributed by atoms with Crippen LogP contribution in [0.5, 0.6) is 11.5 Å². The van der Waals surface area contributed by atoms with Crippen LogP contribution in [0.25, 0.3) is 216 Å². The van der Waals surface area contributed by atoms with Crippen molar-refractivity contribution in [3.63, 3.8) is 0 Å². The molecule has 0 saturated heterocycles. The largest absolute Gasteiger partial charge is 0.508 e. The van der Waals surface area contributed by atoms with E-state index in [-0.39, 0.29) is 11.5 Å². The summed E-state index contributed by atoms with van der Waals surface area (Å²) in [4.78, 5) is 22.9. The molecule has 16 aromatic carbocycles. The van der Waals surface area contributed by atoms with Gasteiger partial charge in [0, 0.05) is 43.1 Å². The van der Waals surface area contributed by atoms with Gasteiger partial charge in [-0.1, -0.05) is 243 Å². The average Bonchev–Trinajstić information content (AvgIpc) is 0.736.